The summed E-state index contributed by atoms with van der Waals surface area (Å²) in [6.07, 6.45) is 1.84. The van der Waals surface area contributed by atoms with E-state index in [1.165, 1.54) is 18.2 Å². The summed E-state index contributed by atoms with van der Waals surface area (Å²) >= 11 is 0. The Kier molecular flexibility index (Phi) is 5.32. The minimum Gasteiger partial charge on any atom is -0.378 e. The van der Waals surface area contributed by atoms with Gasteiger partial charge >= 0.3 is 0 Å². The van der Waals surface area contributed by atoms with Crippen molar-refractivity contribution in [2.45, 2.75) is 6.10 Å². The maximum absolute atomic E-state index is 13.3. The molecule has 0 fully saturated rings. The fourth-order valence-electron chi connectivity index (χ4n) is 1.27. The second kappa shape index (κ2) is 6.78. The number of nitrogens with one attached hydrogen (secondary N) is 1. The quantitative estimate of drug-likeness (QED) is 0.653. The van der Waals surface area contributed by atoms with E-state index in [2.05, 4.69) is 5.32 Å². The standard InChI is InChI=1S/C12H15FN2O2/c13-10-6-2-1-5-9(10)11(16)12(17)15-8-4-3-7-14/h1-6,11,16H,7-8,14H2,(H,15,17). The molecule has 0 aliphatic heterocycles. The molecule has 0 saturated carbocycles. The van der Waals surface area contributed by atoms with E-state index in [0.29, 0.717) is 6.54 Å². The predicted octanol–water partition coefficient (Wildman–Crippen LogP) is 0.490. The minimum atomic E-state index is -1.50. The zero-order valence-electron chi connectivity index (χ0n) is 9.27. The summed E-state index contributed by atoms with van der Waals surface area (Å²) in [5.41, 5.74) is 5.18. The molecular formula is C12H15FN2O2. The van der Waals surface area contributed by atoms with Gasteiger partial charge in [-0.15, -0.1) is 0 Å². The lowest BCUT2D eigenvalue weighted by molar-refractivity contribution is -0.129. The van der Waals surface area contributed by atoms with Crippen molar-refractivity contribution in [3.05, 3.63) is 47.8 Å². The van der Waals surface area contributed by atoms with E-state index in [1.54, 1.807) is 18.2 Å². The summed E-state index contributed by atoms with van der Waals surface area (Å²) in [6, 6.07) is 5.62. The summed E-state index contributed by atoms with van der Waals surface area (Å²) in [5, 5.41) is 12.1. The number of amides is 1. The van der Waals surface area contributed by atoms with E-state index < -0.39 is 17.8 Å². The van der Waals surface area contributed by atoms with Crippen molar-refractivity contribution in [1.29, 1.82) is 0 Å². The first-order valence-electron chi connectivity index (χ1n) is 5.22. The van der Waals surface area contributed by atoms with Gasteiger partial charge in [-0.25, -0.2) is 4.39 Å². The van der Waals surface area contributed by atoms with Crippen molar-refractivity contribution in [3.8, 4) is 0 Å². The van der Waals surface area contributed by atoms with Gasteiger partial charge in [0.05, 0.1) is 0 Å². The highest BCUT2D eigenvalue weighted by atomic mass is 19.1. The van der Waals surface area contributed by atoms with Crippen LogP contribution in [0, 0.1) is 5.82 Å². The third kappa shape index (κ3) is 3.97. The van der Waals surface area contributed by atoms with Gasteiger partial charge in [-0.1, -0.05) is 30.4 Å². The Morgan fingerprint density at radius 2 is 2.18 bits per heavy atom. The van der Waals surface area contributed by atoms with E-state index in [-0.39, 0.29) is 12.1 Å². The van der Waals surface area contributed by atoms with Gasteiger partial charge in [-0.3, -0.25) is 4.79 Å². The van der Waals surface area contributed by atoms with Crippen molar-refractivity contribution in [3.63, 3.8) is 0 Å². The van der Waals surface area contributed by atoms with Crippen molar-refractivity contribution < 1.29 is 14.3 Å². The van der Waals surface area contributed by atoms with Gasteiger partial charge in [-0.05, 0) is 6.07 Å². The fraction of sp³-hybridized carbons (Fsp3) is 0.250. The summed E-state index contributed by atoms with van der Waals surface area (Å²) in [4.78, 5) is 11.5. The molecule has 1 rings (SSSR count). The molecule has 1 unspecified atom stereocenters. The molecule has 0 heterocycles. The van der Waals surface area contributed by atoms with Gasteiger partial charge < -0.3 is 16.2 Å². The van der Waals surface area contributed by atoms with Crippen LogP contribution in [0.1, 0.15) is 11.7 Å². The molecule has 1 aromatic carbocycles. The first-order chi connectivity index (χ1) is 8.16. The van der Waals surface area contributed by atoms with E-state index in [4.69, 9.17) is 5.73 Å². The molecule has 4 nitrogen and oxygen atoms in total. The topological polar surface area (TPSA) is 75.3 Å². The van der Waals surface area contributed by atoms with Gasteiger partial charge in [0.2, 0.25) is 0 Å². The molecule has 0 radical (unpaired) electrons. The number of aliphatic hydroxyl groups is 1. The molecule has 1 amide bonds. The zero-order chi connectivity index (χ0) is 12.7. The number of carbonyl (C=O) groups excluding carboxylic acids is 1. The summed E-state index contributed by atoms with van der Waals surface area (Å²) in [7, 11) is 0. The highest BCUT2D eigenvalue weighted by Crippen LogP contribution is 2.16. The van der Waals surface area contributed by atoms with Crippen LogP contribution < -0.4 is 11.1 Å². The Bertz CT molecular complexity index is 407. The normalized spacial score (nSPS) is 12.6. The highest BCUT2D eigenvalue weighted by molar-refractivity contribution is 5.82. The summed E-state index contributed by atoms with van der Waals surface area (Å²) in [5.74, 6) is -1.25. The Morgan fingerprint density at radius 1 is 1.47 bits per heavy atom. The number of halogens is 1. The molecule has 0 saturated heterocycles. The molecule has 0 aliphatic carbocycles. The third-order valence-corrected chi connectivity index (χ3v) is 2.15. The van der Waals surface area contributed by atoms with Crippen molar-refractivity contribution in [2.24, 2.45) is 5.73 Å². The average Bonchev–Trinajstić information content (AvgIpc) is 2.34. The Hall–Kier alpha value is -1.72. The minimum absolute atomic E-state index is 0.0344. The van der Waals surface area contributed by atoms with E-state index in [9.17, 15) is 14.3 Å². The smallest absolute Gasteiger partial charge is 0.253 e. The first-order valence-corrected chi connectivity index (χ1v) is 5.22. The molecule has 92 valence electrons. The van der Waals surface area contributed by atoms with Gasteiger partial charge in [0, 0.05) is 18.7 Å². The van der Waals surface area contributed by atoms with Crippen molar-refractivity contribution >= 4 is 5.91 Å². The van der Waals surface area contributed by atoms with Gasteiger partial charge in [-0.2, -0.15) is 0 Å². The van der Waals surface area contributed by atoms with Gasteiger partial charge in [0.25, 0.3) is 5.91 Å². The predicted molar refractivity (Wildman–Crippen MR) is 62.6 cm³/mol. The first kappa shape index (κ1) is 13.3. The Morgan fingerprint density at radius 3 is 2.82 bits per heavy atom. The van der Waals surface area contributed by atoms with Crippen LogP contribution in [0.5, 0.6) is 0 Å². The second-order valence-corrected chi connectivity index (χ2v) is 3.38. The van der Waals surface area contributed by atoms with Gasteiger partial charge in [0.1, 0.15) is 5.82 Å². The number of hydrogen-bond acceptors (Lipinski definition) is 3. The number of nitrogens with two attached hydrogens (primary N) is 1. The van der Waals surface area contributed by atoms with Crippen molar-refractivity contribution in [2.75, 3.05) is 13.1 Å². The lowest BCUT2D eigenvalue weighted by Crippen LogP contribution is -2.29. The fourth-order valence-corrected chi connectivity index (χ4v) is 1.27. The third-order valence-electron chi connectivity index (χ3n) is 2.15. The molecule has 0 aliphatic rings. The monoisotopic (exact) mass is 238 g/mol. The number of benzene rings is 1. The molecule has 17 heavy (non-hydrogen) atoms. The van der Waals surface area contributed by atoms with Crippen LogP contribution in [0.2, 0.25) is 0 Å². The highest BCUT2D eigenvalue weighted by Gasteiger charge is 2.19. The molecule has 5 heteroatoms. The summed E-state index contributed by atoms with van der Waals surface area (Å²) in [6.45, 7) is 0.632. The van der Waals surface area contributed by atoms with Crippen LogP contribution in [-0.2, 0) is 4.79 Å². The van der Waals surface area contributed by atoms with Crippen LogP contribution in [0.15, 0.2) is 36.4 Å². The van der Waals surface area contributed by atoms with Crippen LogP contribution in [0.3, 0.4) is 0 Å². The molecule has 4 N–H and O–H groups in total. The Labute approximate surface area is 98.9 Å². The number of hydrogen-bond donors (Lipinski definition) is 3. The molecule has 1 atom stereocenters. The maximum atomic E-state index is 13.3. The molecular weight excluding hydrogens is 223 g/mol. The van der Waals surface area contributed by atoms with E-state index >= 15 is 0 Å². The van der Waals surface area contributed by atoms with Crippen LogP contribution >= 0.6 is 0 Å². The van der Waals surface area contributed by atoms with E-state index in [0.717, 1.165) is 0 Å². The second-order valence-electron chi connectivity index (χ2n) is 3.38. The number of aliphatic hydroxyl groups excluding tert-OH is 1. The lowest BCUT2D eigenvalue weighted by atomic mass is 10.1. The molecule has 0 bridgehead atoms. The molecule has 0 aromatic heterocycles. The van der Waals surface area contributed by atoms with Crippen LogP contribution in [-0.4, -0.2) is 24.1 Å². The lowest BCUT2D eigenvalue weighted by Gasteiger charge is -2.11. The Balaban J connectivity index is 2.58. The number of carbonyl (C=O) groups is 1. The largest absolute Gasteiger partial charge is 0.378 e. The molecule has 0 spiro atoms. The summed E-state index contributed by atoms with van der Waals surface area (Å²) < 4.78 is 13.3. The van der Waals surface area contributed by atoms with Crippen LogP contribution in [0.4, 0.5) is 4.39 Å². The van der Waals surface area contributed by atoms with Gasteiger partial charge in [0.15, 0.2) is 6.10 Å². The average molecular weight is 238 g/mol. The maximum Gasteiger partial charge on any atom is 0.253 e. The van der Waals surface area contributed by atoms with Crippen molar-refractivity contribution in [1.82, 2.24) is 5.32 Å². The SMILES string of the molecule is NCC=CCNC(=O)C(O)c1ccccc1F. The number of rotatable bonds is 5. The van der Waals surface area contributed by atoms with Crippen LogP contribution in [0.25, 0.3) is 0 Å². The zero-order valence-corrected chi connectivity index (χ0v) is 9.27. The molecule has 1 aromatic rings. The van der Waals surface area contributed by atoms with E-state index in [1.807, 2.05) is 0 Å².